The van der Waals surface area contributed by atoms with Gasteiger partial charge in [-0.2, -0.15) is 0 Å². The third-order valence-corrected chi connectivity index (χ3v) is 7.79. The minimum absolute atomic E-state index is 0.0943. The van der Waals surface area contributed by atoms with Gasteiger partial charge in [0.15, 0.2) is 0 Å². The van der Waals surface area contributed by atoms with Gasteiger partial charge in [-0.25, -0.2) is 0 Å². The van der Waals surface area contributed by atoms with Crippen molar-refractivity contribution in [1.29, 1.82) is 0 Å². The molecule has 200 valence electrons. The minimum Gasteiger partial charge on any atom is -0.351 e. The van der Waals surface area contributed by atoms with Crippen LogP contribution in [0.25, 0.3) is 0 Å². The van der Waals surface area contributed by atoms with E-state index in [0.29, 0.717) is 0 Å². The average Bonchev–Trinajstić information content (AvgIpc) is 2.84. The topological polar surface area (TPSA) is 58.2 Å². The first-order valence-electron chi connectivity index (χ1n) is 15.2. The zero-order valence-electron chi connectivity index (χ0n) is 23.3. The van der Waals surface area contributed by atoms with Crippen molar-refractivity contribution in [3.8, 4) is 0 Å². The van der Waals surface area contributed by atoms with Gasteiger partial charge in [0.2, 0.25) is 11.8 Å². The van der Waals surface area contributed by atoms with Crippen molar-refractivity contribution in [1.82, 2.24) is 10.6 Å². The number of unbranched alkanes of at least 4 members (excludes halogenated alkanes) is 8. The van der Waals surface area contributed by atoms with Crippen LogP contribution >= 0.6 is 0 Å². The molecular weight excluding hydrogens is 420 g/mol. The number of carbonyl (C=O) groups is 2. The molecule has 1 saturated carbocycles. The van der Waals surface area contributed by atoms with Gasteiger partial charge in [-0.05, 0) is 38.5 Å². The SMILES string of the molecule is CCCCCCC(CCCC)C(=O)N[C@H]1CCCC[C@H]1NC(=O)C(CCCC)CCCCCC. The van der Waals surface area contributed by atoms with E-state index in [1.165, 1.54) is 38.5 Å². The van der Waals surface area contributed by atoms with Crippen LogP contribution in [0.5, 0.6) is 0 Å². The van der Waals surface area contributed by atoms with E-state index in [2.05, 4.69) is 38.3 Å². The highest BCUT2D eigenvalue weighted by Gasteiger charge is 2.31. The van der Waals surface area contributed by atoms with E-state index >= 15 is 0 Å². The molecule has 0 aliphatic heterocycles. The van der Waals surface area contributed by atoms with Crippen molar-refractivity contribution in [2.24, 2.45) is 11.8 Å². The van der Waals surface area contributed by atoms with Crippen molar-refractivity contribution in [3.05, 3.63) is 0 Å². The molecule has 1 aliphatic carbocycles. The van der Waals surface area contributed by atoms with Crippen LogP contribution < -0.4 is 10.6 Å². The Balaban J connectivity index is 2.69. The fourth-order valence-electron chi connectivity index (χ4n) is 5.43. The molecule has 0 aromatic heterocycles. The molecule has 4 nitrogen and oxygen atoms in total. The Bertz CT molecular complexity index is 476. The minimum atomic E-state index is 0.0943. The molecular formula is C30H58N2O2. The summed E-state index contributed by atoms with van der Waals surface area (Å²) in [4.78, 5) is 26.5. The van der Waals surface area contributed by atoms with Crippen molar-refractivity contribution in [3.63, 3.8) is 0 Å². The zero-order valence-corrected chi connectivity index (χ0v) is 23.3. The van der Waals surface area contributed by atoms with Crippen LogP contribution in [0.3, 0.4) is 0 Å². The molecule has 4 atom stereocenters. The first-order valence-corrected chi connectivity index (χ1v) is 15.2. The molecule has 2 unspecified atom stereocenters. The predicted octanol–water partition coefficient (Wildman–Crippen LogP) is 8.08. The van der Waals surface area contributed by atoms with Gasteiger partial charge in [-0.3, -0.25) is 9.59 Å². The van der Waals surface area contributed by atoms with Gasteiger partial charge in [-0.15, -0.1) is 0 Å². The second kappa shape index (κ2) is 20.2. The Labute approximate surface area is 212 Å². The molecule has 0 saturated heterocycles. The van der Waals surface area contributed by atoms with Crippen molar-refractivity contribution >= 4 is 11.8 Å². The van der Waals surface area contributed by atoms with Crippen LogP contribution in [-0.4, -0.2) is 23.9 Å². The Kier molecular flexibility index (Phi) is 18.4. The molecule has 1 rings (SSSR count). The summed E-state index contributed by atoms with van der Waals surface area (Å²) >= 11 is 0. The van der Waals surface area contributed by atoms with Gasteiger partial charge in [0.05, 0.1) is 0 Å². The number of amides is 2. The van der Waals surface area contributed by atoms with Crippen molar-refractivity contribution in [2.75, 3.05) is 0 Å². The molecule has 0 radical (unpaired) electrons. The normalized spacial score (nSPS) is 20.0. The Morgan fingerprint density at radius 3 is 1.26 bits per heavy atom. The van der Waals surface area contributed by atoms with Gasteiger partial charge in [0, 0.05) is 23.9 Å². The molecule has 1 aliphatic rings. The summed E-state index contributed by atoms with van der Waals surface area (Å²) < 4.78 is 0. The monoisotopic (exact) mass is 478 g/mol. The maximum absolute atomic E-state index is 13.3. The summed E-state index contributed by atoms with van der Waals surface area (Å²) in [6.07, 6.45) is 22.5. The summed E-state index contributed by atoms with van der Waals surface area (Å²) in [6.45, 7) is 8.87. The second-order valence-corrected chi connectivity index (χ2v) is 10.9. The summed E-state index contributed by atoms with van der Waals surface area (Å²) in [6, 6.07) is 0.189. The molecule has 0 spiro atoms. The van der Waals surface area contributed by atoms with Crippen LogP contribution in [0.4, 0.5) is 0 Å². The van der Waals surface area contributed by atoms with E-state index in [-0.39, 0.29) is 35.7 Å². The first-order chi connectivity index (χ1) is 16.6. The van der Waals surface area contributed by atoms with Crippen molar-refractivity contribution < 1.29 is 9.59 Å². The summed E-state index contributed by atoms with van der Waals surface area (Å²) in [5.41, 5.74) is 0. The molecule has 0 aromatic rings. The zero-order chi connectivity index (χ0) is 25.0. The number of hydrogen-bond donors (Lipinski definition) is 2. The molecule has 2 N–H and O–H groups in total. The Morgan fingerprint density at radius 1 is 0.559 bits per heavy atom. The van der Waals surface area contributed by atoms with Crippen LogP contribution in [0.1, 0.15) is 156 Å². The predicted molar refractivity (Wildman–Crippen MR) is 146 cm³/mol. The van der Waals surface area contributed by atoms with Crippen LogP contribution in [-0.2, 0) is 9.59 Å². The highest BCUT2D eigenvalue weighted by molar-refractivity contribution is 5.80. The number of hydrogen-bond acceptors (Lipinski definition) is 2. The lowest BCUT2D eigenvalue weighted by atomic mass is 9.87. The molecule has 0 heterocycles. The van der Waals surface area contributed by atoms with Crippen LogP contribution in [0, 0.1) is 11.8 Å². The molecule has 4 heteroatoms. The Hall–Kier alpha value is -1.06. The highest BCUT2D eigenvalue weighted by Crippen LogP contribution is 2.24. The van der Waals surface area contributed by atoms with Gasteiger partial charge in [0.25, 0.3) is 0 Å². The second-order valence-electron chi connectivity index (χ2n) is 10.9. The van der Waals surface area contributed by atoms with E-state index < -0.39 is 0 Å². The lowest BCUT2D eigenvalue weighted by Crippen LogP contribution is -2.55. The number of nitrogens with one attached hydrogen (secondary N) is 2. The molecule has 34 heavy (non-hydrogen) atoms. The fourth-order valence-corrected chi connectivity index (χ4v) is 5.43. The molecule has 0 aromatic carbocycles. The van der Waals surface area contributed by atoms with E-state index in [0.717, 1.165) is 89.9 Å². The largest absolute Gasteiger partial charge is 0.351 e. The smallest absolute Gasteiger partial charge is 0.223 e. The maximum Gasteiger partial charge on any atom is 0.223 e. The third kappa shape index (κ3) is 13.1. The number of rotatable bonds is 20. The van der Waals surface area contributed by atoms with Crippen LogP contribution in [0.15, 0.2) is 0 Å². The summed E-state index contributed by atoms with van der Waals surface area (Å²) in [7, 11) is 0. The standard InChI is InChI=1S/C30H58N2O2/c1-5-9-13-15-21-25(19-11-7-3)29(33)31-27-23-17-18-24-28(27)32-30(34)26(20-12-8-4)22-16-14-10-6-2/h25-28H,5-24H2,1-4H3,(H,31,33)(H,32,34)/t25?,26?,27-,28+. The van der Waals surface area contributed by atoms with Crippen molar-refractivity contribution in [2.45, 2.75) is 168 Å². The van der Waals surface area contributed by atoms with Gasteiger partial charge in [0.1, 0.15) is 0 Å². The lowest BCUT2D eigenvalue weighted by Gasteiger charge is -2.35. The Morgan fingerprint density at radius 2 is 0.912 bits per heavy atom. The molecule has 2 amide bonds. The summed E-state index contributed by atoms with van der Waals surface area (Å²) in [5.74, 6) is 0.730. The van der Waals surface area contributed by atoms with E-state index in [9.17, 15) is 9.59 Å². The highest BCUT2D eigenvalue weighted by atomic mass is 16.2. The van der Waals surface area contributed by atoms with Crippen LogP contribution in [0.2, 0.25) is 0 Å². The molecule has 0 bridgehead atoms. The number of carbonyl (C=O) groups excluding carboxylic acids is 2. The first kappa shape index (κ1) is 31.0. The van der Waals surface area contributed by atoms with Gasteiger partial charge >= 0.3 is 0 Å². The van der Waals surface area contributed by atoms with E-state index in [1.807, 2.05) is 0 Å². The third-order valence-electron chi connectivity index (χ3n) is 7.79. The summed E-state index contributed by atoms with van der Waals surface area (Å²) in [5, 5.41) is 6.83. The lowest BCUT2D eigenvalue weighted by molar-refractivity contribution is -0.129. The average molecular weight is 479 g/mol. The van der Waals surface area contributed by atoms with Gasteiger partial charge < -0.3 is 10.6 Å². The van der Waals surface area contributed by atoms with E-state index in [4.69, 9.17) is 0 Å². The van der Waals surface area contributed by atoms with Gasteiger partial charge in [-0.1, -0.05) is 118 Å². The quantitative estimate of drug-likeness (QED) is 0.174. The fraction of sp³-hybridized carbons (Fsp3) is 0.933. The van der Waals surface area contributed by atoms with E-state index in [1.54, 1.807) is 0 Å². The molecule has 1 fully saturated rings. The maximum atomic E-state index is 13.3.